The Kier molecular flexibility index (Phi) is 3.34. The lowest BCUT2D eigenvalue weighted by molar-refractivity contribution is 0.0693. The summed E-state index contributed by atoms with van der Waals surface area (Å²) < 4.78 is 18.2. The molecule has 0 radical (unpaired) electrons. The summed E-state index contributed by atoms with van der Waals surface area (Å²) >= 11 is 0. The highest BCUT2D eigenvalue weighted by Gasteiger charge is 2.14. The van der Waals surface area contributed by atoms with Crippen LogP contribution in [0.5, 0.6) is 11.6 Å². The molecule has 6 nitrogen and oxygen atoms in total. The van der Waals surface area contributed by atoms with Gasteiger partial charge >= 0.3 is 5.97 Å². The Morgan fingerprint density at radius 3 is 2.74 bits per heavy atom. The van der Waals surface area contributed by atoms with Gasteiger partial charge in [-0.15, -0.1) is 0 Å². The molecule has 0 saturated carbocycles. The molecule has 1 heterocycles. The minimum Gasteiger partial charge on any atom is -0.478 e. The molecule has 0 aliphatic rings. The Morgan fingerprint density at radius 2 is 2.16 bits per heavy atom. The predicted molar refractivity (Wildman–Crippen MR) is 60.2 cm³/mol. The molecule has 7 heteroatoms. The summed E-state index contributed by atoms with van der Waals surface area (Å²) in [4.78, 5) is 18.4. The van der Waals surface area contributed by atoms with Crippen molar-refractivity contribution in [2.45, 2.75) is 0 Å². The van der Waals surface area contributed by atoms with Crippen molar-refractivity contribution in [1.29, 1.82) is 5.26 Å². The lowest BCUT2D eigenvalue weighted by atomic mass is 10.2. The number of aromatic carboxylic acids is 1. The van der Waals surface area contributed by atoms with Gasteiger partial charge in [-0.3, -0.25) is 0 Å². The molecule has 2 aromatic rings. The SMILES string of the molecule is N#Cc1cnc(Oc2ccc(F)cc2C(=O)O)cn1. The average Bonchev–Trinajstić information content (AvgIpc) is 2.41. The quantitative estimate of drug-likeness (QED) is 0.905. The summed E-state index contributed by atoms with van der Waals surface area (Å²) in [6.45, 7) is 0. The van der Waals surface area contributed by atoms with Gasteiger partial charge in [-0.25, -0.2) is 19.2 Å². The van der Waals surface area contributed by atoms with E-state index in [1.165, 1.54) is 18.5 Å². The number of carboxylic acid groups (broad SMARTS) is 1. The normalized spacial score (nSPS) is 9.68. The van der Waals surface area contributed by atoms with Crippen LogP contribution in [0, 0.1) is 17.1 Å². The van der Waals surface area contributed by atoms with Crippen LogP contribution in [0.2, 0.25) is 0 Å². The zero-order valence-electron chi connectivity index (χ0n) is 9.37. The number of benzene rings is 1. The monoisotopic (exact) mass is 259 g/mol. The Hall–Kier alpha value is -3.01. The molecular formula is C12H6FN3O3. The minimum atomic E-state index is -1.32. The van der Waals surface area contributed by atoms with Gasteiger partial charge in [0.05, 0.1) is 12.4 Å². The fourth-order valence-corrected chi connectivity index (χ4v) is 1.30. The number of aromatic nitrogens is 2. The number of hydrogen-bond donors (Lipinski definition) is 1. The van der Waals surface area contributed by atoms with E-state index in [2.05, 4.69) is 9.97 Å². The van der Waals surface area contributed by atoms with E-state index < -0.39 is 11.8 Å². The van der Waals surface area contributed by atoms with Crippen LogP contribution in [0.4, 0.5) is 4.39 Å². The molecule has 0 amide bonds. The second-order valence-electron chi connectivity index (χ2n) is 3.40. The fourth-order valence-electron chi connectivity index (χ4n) is 1.30. The Labute approximate surface area is 106 Å². The predicted octanol–water partition coefficient (Wildman–Crippen LogP) is 1.98. The number of carboxylic acids is 1. The second kappa shape index (κ2) is 5.10. The largest absolute Gasteiger partial charge is 0.478 e. The number of ether oxygens (including phenoxy) is 1. The lowest BCUT2D eigenvalue weighted by Gasteiger charge is -2.07. The molecule has 0 fully saturated rings. The maximum absolute atomic E-state index is 13.0. The van der Waals surface area contributed by atoms with E-state index in [4.69, 9.17) is 15.1 Å². The van der Waals surface area contributed by atoms with Crippen LogP contribution in [0.15, 0.2) is 30.6 Å². The zero-order chi connectivity index (χ0) is 13.8. The number of nitriles is 1. The minimum absolute atomic E-state index is 0.00751. The highest BCUT2D eigenvalue weighted by Crippen LogP contribution is 2.24. The molecule has 0 bridgehead atoms. The highest BCUT2D eigenvalue weighted by molar-refractivity contribution is 5.90. The summed E-state index contributed by atoms with van der Waals surface area (Å²) in [5.41, 5.74) is -0.226. The fraction of sp³-hybridized carbons (Fsp3) is 0. The summed E-state index contributed by atoms with van der Waals surface area (Å²) in [5.74, 6) is -2.06. The van der Waals surface area contributed by atoms with Crippen molar-refractivity contribution in [3.8, 4) is 17.7 Å². The van der Waals surface area contributed by atoms with Gasteiger partial charge < -0.3 is 9.84 Å². The van der Waals surface area contributed by atoms with Crippen LogP contribution in [-0.2, 0) is 0 Å². The Bertz CT molecular complexity index is 665. The van der Waals surface area contributed by atoms with Gasteiger partial charge in [0.15, 0.2) is 5.69 Å². The molecule has 0 spiro atoms. The van der Waals surface area contributed by atoms with Gasteiger partial charge in [-0.1, -0.05) is 0 Å². The van der Waals surface area contributed by atoms with Gasteiger partial charge in [0.25, 0.3) is 0 Å². The van der Waals surface area contributed by atoms with E-state index in [1.807, 2.05) is 0 Å². The molecule has 94 valence electrons. The van der Waals surface area contributed by atoms with Crippen molar-refractivity contribution < 1.29 is 19.0 Å². The summed E-state index contributed by atoms with van der Waals surface area (Å²) in [6.07, 6.45) is 2.35. The first kappa shape index (κ1) is 12.4. The third-order valence-corrected chi connectivity index (χ3v) is 2.13. The van der Waals surface area contributed by atoms with Gasteiger partial charge in [0.2, 0.25) is 5.88 Å². The number of nitrogens with zero attached hydrogens (tertiary/aromatic N) is 3. The smallest absolute Gasteiger partial charge is 0.339 e. The number of halogens is 1. The standard InChI is InChI=1S/C12H6FN3O3/c13-7-1-2-10(9(3-7)12(17)18)19-11-6-15-8(4-14)5-16-11/h1-3,5-6H,(H,17,18). The second-order valence-corrected chi connectivity index (χ2v) is 3.40. The molecule has 0 unspecified atom stereocenters. The first-order valence-corrected chi connectivity index (χ1v) is 5.03. The molecule has 19 heavy (non-hydrogen) atoms. The van der Waals surface area contributed by atoms with Crippen LogP contribution < -0.4 is 4.74 Å². The maximum Gasteiger partial charge on any atom is 0.339 e. The van der Waals surface area contributed by atoms with E-state index >= 15 is 0 Å². The molecule has 0 aliphatic heterocycles. The highest BCUT2D eigenvalue weighted by atomic mass is 19.1. The van der Waals surface area contributed by atoms with Crippen molar-refractivity contribution in [2.75, 3.05) is 0 Å². The van der Waals surface area contributed by atoms with Crippen LogP contribution in [0.3, 0.4) is 0 Å². The van der Waals surface area contributed by atoms with E-state index in [1.54, 1.807) is 6.07 Å². The van der Waals surface area contributed by atoms with Crippen molar-refractivity contribution in [3.63, 3.8) is 0 Å². The number of hydrogen-bond acceptors (Lipinski definition) is 5. The molecule has 1 N–H and O–H groups in total. The van der Waals surface area contributed by atoms with E-state index in [9.17, 15) is 9.18 Å². The molecule has 0 atom stereocenters. The first-order chi connectivity index (χ1) is 9.10. The van der Waals surface area contributed by atoms with Crippen molar-refractivity contribution in [3.05, 3.63) is 47.7 Å². The molecule has 0 aliphatic carbocycles. The molecule has 0 saturated heterocycles. The third-order valence-electron chi connectivity index (χ3n) is 2.13. The van der Waals surface area contributed by atoms with Gasteiger partial charge in [0, 0.05) is 0 Å². The zero-order valence-corrected chi connectivity index (χ0v) is 9.37. The van der Waals surface area contributed by atoms with Crippen LogP contribution in [0.1, 0.15) is 16.1 Å². The van der Waals surface area contributed by atoms with Crippen LogP contribution >= 0.6 is 0 Å². The third kappa shape index (κ3) is 2.81. The van der Waals surface area contributed by atoms with E-state index in [-0.39, 0.29) is 22.9 Å². The first-order valence-electron chi connectivity index (χ1n) is 5.03. The molecule has 1 aromatic carbocycles. The summed E-state index contributed by atoms with van der Waals surface area (Å²) in [5, 5.41) is 17.5. The van der Waals surface area contributed by atoms with E-state index in [0.29, 0.717) is 0 Å². The summed E-state index contributed by atoms with van der Waals surface area (Å²) in [7, 11) is 0. The molecule has 1 aromatic heterocycles. The van der Waals surface area contributed by atoms with Crippen LogP contribution in [-0.4, -0.2) is 21.0 Å². The molecule has 2 rings (SSSR count). The number of carbonyl (C=O) groups is 1. The Balaban J connectivity index is 2.32. The van der Waals surface area contributed by atoms with Crippen molar-refractivity contribution in [1.82, 2.24) is 9.97 Å². The van der Waals surface area contributed by atoms with Gasteiger partial charge in [-0.2, -0.15) is 5.26 Å². The molecular weight excluding hydrogens is 253 g/mol. The summed E-state index contributed by atoms with van der Waals surface area (Å²) in [6, 6.07) is 4.87. The van der Waals surface area contributed by atoms with Gasteiger partial charge in [-0.05, 0) is 18.2 Å². The van der Waals surface area contributed by atoms with E-state index in [0.717, 1.165) is 12.1 Å². The van der Waals surface area contributed by atoms with Gasteiger partial charge in [0.1, 0.15) is 23.2 Å². The van der Waals surface area contributed by atoms with Crippen molar-refractivity contribution in [2.24, 2.45) is 0 Å². The van der Waals surface area contributed by atoms with Crippen molar-refractivity contribution >= 4 is 5.97 Å². The Morgan fingerprint density at radius 1 is 1.37 bits per heavy atom. The topological polar surface area (TPSA) is 96.1 Å². The number of rotatable bonds is 3. The average molecular weight is 259 g/mol. The van der Waals surface area contributed by atoms with Crippen LogP contribution in [0.25, 0.3) is 0 Å². The lowest BCUT2D eigenvalue weighted by Crippen LogP contribution is -2.01. The maximum atomic E-state index is 13.0.